The van der Waals surface area contributed by atoms with Crippen molar-refractivity contribution in [1.29, 1.82) is 0 Å². The van der Waals surface area contributed by atoms with Gasteiger partial charge in [-0.15, -0.1) is 0 Å². The van der Waals surface area contributed by atoms with Crippen LogP contribution in [0.25, 0.3) is 11.0 Å². The predicted octanol–water partition coefficient (Wildman–Crippen LogP) is 4.34. The molecule has 0 aromatic carbocycles. The molecule has 3 heterocycles. The summed E-state index contributed by atoms with van der Waals surface area (Å²) in [6.07, 6.45) is 12.4. The highest BCUT2D eigenvalue weighted by atomic mass is 16.5. The lowest BCUT2D eigenvalue weighted by Crippen LogP contribution is -2.47. The largest absolute Gasteiger partial charge is 0.491 e. The number of aromatic nitrogens is 2. The van der Waals surface area contributed by atoms with E-state index >= 15 is 0 Å². The molecule has 0 bridgehead atoms. The quantitative estimate of drug-likeness (QED) is 0.740. The van der Waals surface area contributed by atoms with Crippen molar-refractivity contribution < 1.29 is 9.47 Å². The number of ether oxygens (including phenoxy) is 2. The number of hydrogen-bond donors (Lipinski definition) is 1. The Bertz CT molecular complexity index is 904. The van der Waals surface area contributed by atoms with Gasteiger partial charge >= 0.3 is 0 Å². The number of pyridine rings is 2. The molecule has 0 radical (unpaired) electrons. The summed E-state index contributed by atoms with van der Waals surface area (Å²) >= 11 is 0. The third-order valence-electron chi connectivity index (χ3n) is 7.30. The van der Waals surface area contributed by atoms with Gasteiger partial charge < -0.3 is 19.7 Å². The molecule has 3 aliphatic rings. The lowest BCUT2D eigenvalue weighted by Gasteiger charge is -2.42. The van der Waals surface area contributed by atoms with E-state index < -0.39 is 0 Å². The zero-order valence-electron chi connectivity index (χ0n) is 18.4. The van der Waals surface area contributed by atoms with Crippen molar-refractivity contribution in [1.82, 2.24) is 14.9 Å². The van der Waals surface area contributed by atoms with E-state index in [0.717, 1.165) is 29.9 Å². The van der Waals surface area contributed by atoms with Crippen LogP contribution in [0.2, 0.25) is 0 Å². The van der Waals surface area contributed by atoms with Gasteiger partial charge in [0.2, 0.25) is 0 Å². The lowest BCUT2D eigenvalue weighted by atomic mass is 9.89. The fourth-order valence-electron chi connectivity index (χ4n) is 5.30. The molecule has 1 N–H and O–H groups in total. The summed E-state index contributed by atoms with van der Waals surface area (Å²) in [6.45, 7) is 2.41. The van der Waals surface area contributed by atoms with Crippen molar-refractivity contribution in [2.24, 2.45) is 0 Å². The molecule has 0 amide bonds. The van der Waals surface area contributed by atoms with Gasteiger partial charge in [-0.05, 0) is 56.9 Å². The Balaban J connectivity index is 1.49. The maximum absolute atomic E-state index is 5.52. The first-order chi connectivity index (χ1) is 14.8. The van der Waals surface area contributed by atoms with Crippen molar-refractivity contribution in [2.45, 2.75) is 76.3 Å². The SMILES string of the molecule is COc1cc2nc3c(c(NC4CCN(C5CCC5)CC4)c2nc1OC)CCCCC3. The molecule has 0 spiro atoms. The second-order valence-corrected chi connectivity index (χ2v) is 9.08. The minimum atomic E-state index is 0.495. The first-order valence-electron chi connectivity index (χ1n) is 11.7. The van der Waals surface area contributed by atoms with Crippen LogP contribution in [0.3, 0.4) is 0 Å². The van der Waals surface area contributed by atoms with Gasteiger partial charge in [-0.1, -0.05) is 12.8 Å². The highest BCUT2D eigenvalue weighted by molar-refractivity contribution is 5.91. The number of hydrogen-bond acceptors (Lipinski definition) is 6. The smallest absolute Gasteiger partial charge is 0.257 e. The summed E-state index contributed by atoms with van der Waals surface area (Å²) in [5.41, 5.74) is 5.64. The zero-order valence-corrected chi connectivity index (χ0v) is 18.4. The molecule has 2 fully saturated rings. The van der Waals surface area contributed by atoms with Crippen LogP contribution in [0.15, 0.2) is 6.07 Å². The van der Waals surface area contributed by atoms with Gasteiger partial charge in [-0.2, -0.15) is 0 Å². The van der Waals surface area contributed by atoms with Crippen LogP contribution >= 0.6 is 0 Å². The van der Waals surface area contributed by atoms with Crippen molar-refractivity contribution in [3.05, 3.63) is 17.3 Å². The van der Waals surface area contributed by atoms with Crippen LogP contribution in [0.1, 0.15) is 62.6 Å². The molecule has 0 unspecified atom stereocenters. The Morgan fingerprint density at radius 2 is 1.73 bits per heavy atom. The van der Waals surface area contributed by atoms with Crippen LogP contribution in [-0.4, -0.2) is 54.3 Å². The Morgan fingerprint density at radius 3 is 2.43 bits per heavy atom. The number of anilines is 1. The summed E-state index contributed by atoms with van der Waals surface area (Å²) in [4.78, 5) is 12.6. The van der Waals surface area contributed by atoms with Gasteiger partial charge in [0.05, 0.1) is 25.4 Å². The molecule has 30 heavy (non-hydrogen) atoms. The van der Waals surface area contributed by atoms with E-state index in [4.69, 9.17) is 19.4 Å². The van der Waals surface area contributed by atoms with E-state index in [1.165, 1.54) is 81.4 Å². The van der Waals surface area contributed by atoms with Crippen LogP contribution in [0.4, 0.5) is 5.69 Å². The highest BCUT2D eigenvalue weighted by Crippen LogP contribution is 2.37. The van der Waals surface area contributed by atoms with Gasteiger partial charge in [0.1, 0.15) is 5.52 Å². The van der Waals surface area contributed by atoms with Gasteiger partial charge in [-0.25, -0.2) is 4.98 Å². The van der Waals surface area contributed by atoms with Gasteiger partial charge in [0, 0.05) is 36.9 Å². The summed E-state index contributed by atoms with van der Waals surface area (Å²) in [5.74, 6) is 1.18. The number of nitrogens with zero attached hydrogens (tertiary/aromatic N) is 3. The maximum atomic E-state index is 5.52. The van der Waals surface area contributed by atoms with Crippen molar-refractivity contribution in [3.8, 4) is 11.6 Å². The molecular formula is C24H34N4O2. The summed E-state index contributed by atoms with van der Waals surface area (Å²) in [6, 6.07) is 3.33. The minimum absolute atomic E-state index is 0.495. The van der Waals surface area contributed by atoms with Crippen molar-refractivity contribution >= 4 is 16.7 Å². The molecular weight excluding hydrogens is 376 g/mol. The number of piperidine rings is 1. The molecule has 0 atom stereocenters. The molecule has 5 rings (SSSR count). The lowest BCUT2D eigenvalue weighted by molar-refractivity contribution is 0.101. The van der Waals surface area contributed by atoms with E-state index in [9.17, 15) is 0 Å². The number of fused-ring (bicyclic) bond motifs is 2. The number of methoxy groups -OCH3 is 2. The molecule has 1 saturated heterocycles. The average Bonchev–Trinajstić information content (AvgIpc) is 2.98. The van der Waals surface area contributed by atoms with Crippen LogP contribution < -0.4 is 14.8 Å². The minimum Gasteiger partial charge on any atom is -0.491 e. The monoisotopic (exact) mass is 410 g/mol. The number of aryl methyl sites for hydroxylation is 1. The molecule has 2 aromatic rings. The highest BCUT2D eigenvalue weighted by Gasteiger charge is 2.30. The van der Waals surface area contributed by atoms with E-state index in [2.05, 4.69) is 10.2 Å². The topological polar surface area (TPSA) is 59.5 Å². The summed E-state index contributed by atoms with van der Waals surface area (Å²) in [7, 11) is 3.31. The van der Waals surface area contributed by atoms with Gasteiger partial charge in [-0.3, -0.25) is 4.98 Å². The molecule has 1 aliphatic heterocycles. The van der Waals surface area contributed by atoms with E-state index in [1.807, 2.05) is 6.07 Å². The summed E-state index contributed by atoms with van der Waals surface area (Å²) < 4.78 is 11.0. The fraction of sp³-hybridized carbons (Fsp3) is 0.667. The second kappa shape index (κ2) is 8.58. The normalized spacial score (nSPS) is 21.0. The van der Waals surface area contributed by atoms with E-state index in [0.29, 0.717) is 17.7 Å². The van der Waals surface area contributed by atoms with Crippen LogP contribution in [-0.2, 0) is 12.8 Å². The molecule has 162 valence electrons. The van der Waals surface area contributed by atoms with Crippen LogP contribution in [0.5, 0.6) is 11.6 Å². The first kappa shape index (κ1) is 19.9. The molecule has 2 aromatic heterocycles. The van der Waals surface area contributed by atoms with E-state index in [1.54, 1.807) is 14.2 Å². The zero-order chi connectivity index (χ0) is 20.5. The number of likely N-dealkylation sites (tertiary alicyclic amines) is 1. The first-order valence-corrected chi connectivity index (χ1v) is 11.7. The number of rotatable bonds is 5. The second-order valence-electron chi connectivity index (χ2n) is 9.08. The molecule has 6 nitrogen and oxygen atoms in total. The predicted molar refractivity (Wildman–Crippen MR) is 120 cm³/mol. The molecule has 1 saturated carbocycles. The molecule has 2 aliphatic carbocycles. The Hall–Kier alpha value is -2.08. The fourth-order valence-corrected chi connectivity index (χ4v) is 5.30. The van der Waals surface area contributed by atoms with Crippen LogP contribution in [0, 0.1) is 0 Å². The molecule has 6 heteroatoms. The third-order valence-corrected chi connectivity index (χ3v) is 7.30. The van der Waals surface area contributed by atoms with Gasteiger partial charge in [0.15, 0.2) is 5.75 Å². The Morgan fingerprint density at radius 1 is 0.933 bits per heavy atom. The van der Waals surface area contributed by atoms with Crippen molar-refractivity contribution in [3.63, 3.8) is 0 Å². The van der Waals surface area contributed by atoms with Gasteiger partial charge in [0.25, 0.3) is 5.88 Å². The maximum Gasteiger partial charge on any atom is 0.257 e. The van der Waals surface area contributed by atoms with E-state index in [-0.39, 0.29) is 0 Å². The standard InChI is InChI=1S/C24H34N4O2/c1-29-21-15-20-23(27-24(21)30-2)22(18-9-4-3-5-10-19(18)26-20)25-16-11-13-28(14-12-16)17-7-6-8-17/h15-17H,3-14H2,1-2H3,(H,25,26). The average molecular weight is 411 g/mol. The summed E-state index contributed by atoms with van der Waals surface area (Å²) in [5, 5.41) is 3.94. The number of nitrogens with one attached hydrogen (secondary N) is 1. The Kier molecular flexibility index (Phi) is 5.68. The van der Waals surface area contributed by atoms with Crippen molar-refractivity contribution in [2.75, 3.05) is 32.6 Å². The third kappa shape index (κ3) is 3.70. The Labute approximate surface area is 179 Å².